The van der Waals surface area contributed by atoms with Crippen LogP contribution in [0.3, 0.4) is 0 Å². The number of aromatic nitrogens is 2. The molecule has 1 aromatic carbocycles. The van der Waals surface area contributed by atoms with Crippen molar-refractivity contribution in [2.24, 2.45) is 0 Å². The van der Waals surface area contributed by atoms with E-state index in [1.165, 1.54) is 11.0 Å². The average Bonchev–Trinajstić information content (AvgIpc) is 2.97. The fourth-order valence-electron chi connectivity index (χ4n) is 4.28. The maximum atomic E-state index is 13.1. The van der Waals surface area contributed by atoms with E-state index in [-0.39, 0.29) is 12.1 Å². The fraction of sp³-hybridized carbons (Fsp3) is 0.375. The Bertz CT molecular complexity index is 1590. The molecule has 0 atom stereocenters. The number of aryl methyl sites for hydroxylation is 1. The summed E-state index contributed by atoms with van der Waals surface area (Å²) in [7, 11) is 1.60. The van der Waals surface area contributed by atoms with E-state index >= 15 is 0 Å². The topological polar surface area (TPSA) is 96.9 Å². The lowest BCUT2D eigenvalue weighted by atomic mass is 9.99. The maximum absolute atomic E-state index is 13.1. The minimum absolute atomic E-state index is 0.124. The largest absolute Gasteiger partial charge is 0.444 e. The smallest absolute Gasteiger partial charge is 0.433 e. The number of morpholine rings is 1. The number of ether oxygens (including phenoxy) is 2. The van der Waals surface area contributed by atoms with Crippen LogP contribution in [0.2, 0.25) is 0 Å². The molecule has 1 aliphatic heterocycles. The van der Waals surface area contributed by atoms with Crippen LogP contribution in [0.15, 0.2) is 48.7 Å². The van der Waals surface area contributed by atoms with Crippen LogP contribution in [0.5, 0.6) is 0 Å². The van der Waals surface area contributed by atoms with E-state index in [1.54, 1.807) is 40.0 Å². The Morgan fingerprint density at radius 1 is 1.09 bits per heavy atom. The number of rotatable bonds is 5. The molecule has 0 unspecified atom stereocenters. The molecule has 44 heavy (non-hydrogen) atoms. The van der Waals surface area contributed by atoms with E-state index in [0.29, 0.717) is 49.6 Å². The summed E-state index contributed by atoms with van der Waals surface area (Å²) in [6.07, 6.45) is -4.20. The van der Waals surface area contributed by atoms with Gasteiger partial charge in [-0.2, -0.15) is 13.2 Å². The average molecular weight is 610 g/mol. The van der Waals surface area contributed by atoms with Crippen LogP contribution in [-0.2, 0) is 15.7 Å². The van der Waals surface area contributed by atoms with Crippen molar-refractivity contribution in [1.29, 1.82) is 0 Å². The highest BCUT2D eigenvalue weighted by molar-refractivity contribution is 6.04. The third-order valence-electron chi connectivity index (χ3n) is 6.50. The van der Waals surface area contributed by atoms with Crippen molar-refractivity contribution < 1.29 is 32.2 Å². The number of anilines is 2. The van der Waals surface area contributed by atoms with Gasteiger partial charge >= 0.3 is 12.3 Å². The Kier molecular flexibility index (Phi) is 9.79. The lowest BCUT2D eigenvalue weighted by Crippen LogP contribution is -2.36. The molecule has 3 heterocycles. The molecule has 1 saturated heterocycles. The monoisotopic (exact) mass is 609 g/mol. The molecule has 9 nitrogen and oxygen atoms in total. The lowest BCUT2D eigenvalue weighted by molar-refractivity contribution is -0.141. The van der Waals surface area contributed by atoms with Crippen LogP contribution >= 0.6 is 0 Å². The SMILES string of the molecule is Cc1ccc(NC(=O)c2ccnc(C(F)(F)F)c2)cc1-c1cc(C#CCN(C)C(=O)OC(C)(C)C)nc(N2CCOCC2)c1. The van der Waals surface area contributed by atoms with E-state index in [4.69, 9.17) is 14.5 Å². The first kappa shape index (κ1) is 32.3. The molecule has 2 amide bonds. The normalized spacial score (nSPS) is 13.5. The first-order valence-corrected chi connectivity index (χ1v) is 13.9. The zero-order valence-electron chi connectivity index (χ0n) is 25.2. The zero-order valence-corrected chi connectivity index (χ0v) is 25.2. The first-order valence-electron chi connectivity index (χ1n) is 13.9. The van der Waals surface area contributed by atoms with Gasteiger partial charge in [0.25, 0.3) is 5.91 Å². The van der Waals surface area contributed by atoms with Gasteiger partial charge in [0.15, 0.2) is 0 Å². The Labute approximate surface area is 254 Å². The second kappa shape index (κ2) is 13.3. The Hall–Kier alpha value is -4.63. The van der Waals surface area contributed by atoms with Gasteiger partial charge in [-0.15, -0.1) is 0 Å². The Morgan fingerprint density at radius 3 is 2.50 bits per heavy atom. The number of benzene rings is 1. The quantitative estimate of drug-likeness (QED) is 0.367. The number of hydrogen-bond acceptors (Lipinski definition) is 7. The van der Waals surface area contributed by atoms with Crippen LogP contribution in [0.1, 0.15) is 48.1 Å². The number of carbonyl (C=O) groups is 2. The summed E-state index contributed by atoms with van der Waals surface area (Å²) in [5.41, 5.74) is 1.40. The molecule has 0 aliphatic carbocycles. The molecule has 0 spiro atoms. The van der Waals surface area contributed by atoms with E-state index in [9.17, 15) is 22.8 Å². The van der Waals surface area contributed by atoms with E-state index in [1.807, 2.05) is 25.1 Å². The molecule has 2 aromatic heterocycles. The van der Waals surface area contributed by atoms with Crippen molar-refractivity contribution in [1.82, 2.24) is 14.9 Å². The number of alkyl halides is 3. The Balaban J connectivity index is 1.63. The molecule has 0 bridgehead atoms. The number of carbonyl (C=O) groups excluding carboxylic acids is 2. The molecular weight excluding hydrogens is 575 g/mol. The number of halogens is 3. The highest BCUT2D eigenvalue weighted by Gasteiger charge is 2.33. The summed E-state index contributed by atoms with van der Waals surface area (Å²) < 4.78 is 50.2. The third-order valence-corrected chi connectivity index (χ3v) is 6.50. The van der Waals surface area contributed by atoms with Crippen LogP contribution in [-0.4, -0.2) is 72.4 Å². The van der Waals surface area contributed by atoms with Gasteiger partial charge in [0.05, 0.1) is 19.8 Å². The van der Waals surface area contributed by atoms with Gasteiger partial charge in [-0.05, 0) is 86.7 Å². The van der Waals surface area contributed by atoms with Gasteiger partial charge in [-0.1, -0.05) is 12.0 Å². The van der Waals surface area contributed by atoms with Crippen molar-refractivity contribution in [3.05, 3.63) is 71.2 Å². The molecule has 0 radical (unpaired) electrons. The van der Waals surface area contributed by atoms with Gasteiger partial charge in [-0.25, -0.2) is 9.78 Å². The highest BCUT2D eigenvalue weighted by atomic mass is 19.4. The standard InChI is InChI=1S/C32H34F3N5O4/c1-21-8-9-25(38-29(41)22-10-11-36-27(18-22)32(33,34)35)20-26(21)23-17-24(37-28(19-23)40-13-15-43-16-14-40)7-6-12-39(5)30(42)44-31(2,3)4/h8-11,17-20H,12-16H2,1-5H3,(H,38,41). The predicted molar refractivity (Wildman–Crippen MR) is 160 cm³/mol. The van der Waals surface area contributed by atoms with Crippen LogP contribution in [0, 0.1) is 18.8 Å². The van der Waals surface area contributed by atoms with Crippen LogP contribution < -0.4 is 10.2 Å². The van der Waals surface area contributed by atoms with Crippen molar-refractivity contribution in [2.75, 3.05) is 50.1 Å². The van der Waals surface area contributed by atoms with Gasteiger partial charge in [-0.3, -0.25) is 9.78 Å². The molecule has 4 rings (SSSR count). The van der Waals surface area contributed by atoms with Crippen molar-refractivity contribution >= 4 is 23.5 Å². The van der Waals surface area contributed by atoms with E-state index < -0.39 is 29.5 Å². The summed E-state index contributed by atoms with van der Waals surface area (Å²) in [5.74, 6) is 6.04. The van der Waals surface area contributed by atoms with Crippen molar-refractivity contribution in [2.45, 2.75) is 39.5 Å². The molecule has 1 fully saturated rings. The number of amides is 2. The van der Waals surface area contributed by atoms with E-state index in [0.717, 1.165) is 22.9 Å². The first-order chi connectivity index (χ1) is 20.7. The maximum Gasteiger partial charge on any atom is 0.433 e. The molecule has 3 aromatic rings. The lowest BCUT2D eigenvalue weighted by Gasteiger charge is -2.28. The van der Waals surface area contributed by atoms with Gasteiger partial charge in [0.2, 0.25) is 0 Å². The van der Waals surface area contributed by atoms with Gasteiger partial charge in [0.1, 0.15) is 22.8 Å². The Morgan fingerprint density at radius 2 is 1.82 bits per heavy atom. The number of nitrogens with zero attached hydrogens (tertiary/aromatic N) is 4. The van der Waals surface area contributed by atoms with Crippen molar-refractivity contribution in [3.63, 3.8) is 0 Å². The molecule has 1 aliphatic rings. The molecule has 12 heteroatoms. The number of nitrogens with one attached hydrogen (secondary N) is 1. The molecule has 1 N–H and O–H groups in total. The third kappa shape index (κ3) is 8.70. The van der Waals surface area contributed by atoms with E-state index in [2.05, 4.69) is 27.0 Å². The molecule has 0 saturated carbocycles. The summed E-state index contributed by atoms with van der Waals surface area (Å²) in [6.45, 7) is 9.80. The second-order valence-electron chi connectivity index (χ2n) is 11.2. The van der Waals surface area contributed by atoms with Crippen LogP contribution in [0.25, 0.3) is 11.1 Å². The summed E-state index contributed by atoms with van der Waals surface area (Å²) in [6, 6.07) is 10.9. The zero-order chi connectivity index (χ0) is 32.1. The summed E-state index contributed by atoms with van der Waals surface area (Å²) in [5, 5.41) is 2.69. The minimum Gasteiger partial charge on any atom is -0.444 e. The minimum atomic E-state index is -4.67. The number of pyridine rings is 2. The predicted octanol–water partition coefficient (Wildman–Crippen LogP) is 5.78. The molecule has 232 valence electrons. The van der Waals surface area contributed by atoms with Gasteiger partial charge < -0.3 is 24.6 Å². The fourth-order valence-corrected chi connectivity index (χ4v) is 4.28. The second-order valence-corrected chi connectivity index (χ2v) is 11.2. The van der Waals surface area contributed by atoms with Crippen molar-refractivity contribution in [3.8, 4) is 23.0 Å². The van der Waals surface area contributed by atoms with Gasteiger partial charge in [0, 0.05) is 37.6 Å². The highest BCUT2D eigenvalue weighted by Crippen LogP contribution is 2.31. The molecular formula is C32H34F3N5O4. The number of hydrogen-bond donors (Lipinski definition) is 1. The summed E-state index contributed by atoms with van der Waals surface area (Å²) in [4.78, 5) is 36.7. The van der Waals surface area contributed by atoms with Crippen LogP contribution in [0.4, 0.5) is 29.5 Å². The summed E-state index contributed by atoms with van der Waals surface area (Å²) >= 11 is 0.